The lowest BCUT2D eigenvalue weighted by molar-refractivity contribution is -0.118. The lowest BCUT2D eigenvalue weighted by Gasteiger charge is -2.07. The normalized spacial score (nSPS) is 10.9. The first kappa shape index (κ1) is 81.1. The number of nitrogens with two attached hydrogens (primary N) is 3. The van der Waals surface area contributed by atoms with E-state index in [1.807, 2.05) is 155 Å². The third-order valence-corrected chi connectivity index (χ3v) is 15.5. The van der Waals surface area contributed by atoms with Crippen molar-refractivity contribution in [2.45, 2.75) is 94.0 Å². The average Bonchev–Trinajstić information content (AvgIpc) is 1.65. The summed E-state index contributed by atoms with van der Waals surface area (Å²) in [6.07, 6.45) is 11.0. The van der Waals surface area contributed by atoms with Crippen molar-refractivity contribution in [3.8, 4) is 11.4 Å². The third-order valence-electron chi connectivity index (χ3n) is 15.5. The van der Waals surface area contributed by atoms with Gasteiger partial charge in [0.05, 0.1) is 88.7 Å². The van der Waals surface area contributed by atoms with Gasteiger partial charge in [-0.25, -0.2) is 40.5 Å². The predicted octanol–water partition coefficient (Wildman–Crippen LogP) is 10.5. The van der Waals surface area contributed by atoms with Gasteiger partial charge in [-0.15, -0.1) is 0 Å². The Kier molecular flexibility index (Phi) is 33.7. The first-order valence-electron chi connectivity index (χ1n) is 32.4. The number of H-pyrrole nitrogens is 1. The number of hydrazine groups is 2. The zero-order valence-electron chi connectivity index (χ0n) is 56.5. The lowest BCUT2D eigenvalue weighted by atomic mass is 10.1. The van der Waals surface area contributed by atoms with E-state index in [2.05, 4.69) is 106 Å². The molecule has 13 aromatic rings. The minimum atomic E-state index is -0.334. The SMILES string of the molecule is C.C.C1CCOC1.CCCC(=O)CNC(=O)c1ccc2ncn(Cc3ccccc3)c2c1.CCO.CCn1c(-c2ccc3ncn(Cc4ccccc4)c3c2)n[nH]c1=O.COC(=O)c1ccc2ncn(Cc3ccccc3)c2c1.NN.NNC(=O)c1ccc2ncn(Cc3ccccc3)c2c1.O. The van der Waals surface area contributed by atoms with Crippen molar-refractivity contribution in [2.75, 3.05) is 33.5 Å². The lowest BCUT2D eigenvalue weighted by Crippen LogP contribution is -2.29. The van der Waals surface area contributed by atoms with Crippen molar-refractivity contribution in [3.05, 3.63) is 269 Å². The molecule has 12 N–H and O–H groups in total. The molecule has 0 radical (unpaired) electrons. The van der Waals surface area contributed by atoms with Crippen LogP contribution in [0.1, 0.15) is 115 Å². The summed E-state index contributed by atoms with van der Waals surface area (Å²) in [4.78, 5) is 76.4. The summed E-state index contributed by atoms with van der Waals surface area (Å²) in [7, 11) is 1.38. The second-order valence-electron chi connectivity index (χ2n) is 22.4. The van der Waals surface area contributed by atoms with E-state index < -0.39 is 0 Å². The molecule has 8 aromatic carbocycles. The summed E-state index contributed by atoms with van der Waals surface area (Å²) < 4.78 is 19.5. The molecule has 1 aliphatic rings. The van der Waals surface area contributed by atoms with Crippen LogP contribution in [0.4, 0.5) is 0 Å². The van der Waals surface area contributed by atoms with Crippen molar-refractivity contribution < 1.29 is 39.2 Å². The van der Waals surface area contributed by atoms with E-state index in [4.69, 9.17) is 20.4 Å². The van der Waals surface area contributed by atoms with Crippen LogP contribution in [0.25, 0.3) is 55.5 Å². The first-order valence-corrected chi connectivity index (χ1v) is 32.4. The Morgan fingerprint density at radius 2 is 0.902 bits per heavy atom. The largest absolute Gasteiger partial charge is 0.465 e. The van der Waals surface area contributed by atoms with Gasteiger partial charge in [0.1, 0.15) is 0 Å². The van der Waals surface area contributed by atoms with Crippen molar-refractivity contribution in [1.82, 2.24) is 63.7 Å². The number of nitrogens with one attached hydrogen (secondary N) is 3. The third kappa shape index (κ3) is 22.7. The zero-order valence-corrected chi connectivity index (χ0v) is 56.5. The number of nitrogen functional groups attached to an aromatic ring is 1. The topological polar surface area (TPSA) is 363 Å². The number of aromatic nitrogens is 11. The molecule has 5 aromatic heterocycles. The van der Waals surface area contributed by atoms with Crippen LogP contribution in [-0.2, 0) is 47.0 Å². The number of ketones is 1. The number of imidazole rings is 4. The zero-order chi connectivity index (χ0) is 70.3. The van der Waals surface area contributed by atoms with Gasteiger partial charge in [-0.1, -0.05) is 143 Å². The van der Waals surface area contributed by atoms with Crippen LogP contribution < -0.4 is 34.0 Å². The maximum atomic E-state index is 12.3. The Balaban J connectivity index is 0.000000232. The van der Waals surface area contributed by atoms with Crippen molar-refractivity contribution in [1.29, 1.82) is 0 Å². The quantitative estimate of drug-likeness (QED) is 0.0193. The van der Waals surface area contributed by atoms with Gasteiger partial charge in [0.15, 0.2) is 11.6 Å². The molecule has 1 fully saturated rings. The van der Waals surface area contributed by atoms with Crippen LogP contribution in [0, 0.1) is 0 Å². The van der Waals surface area contributed by atoms with Crippen LogP contribution in [0.15, 0.2) is 224 Å². The number of aliphatic hydroxyl groups is 1. The Bertz CT molecular complexity index is 4580. The Hall–Kier alpha value is -11.6. The van der Waals surface area contributed by atoms with E-state index in [0.717, 1.165) is 82.4 Å². The number of Topliss-reactive ketones (excluding diaryl/α,β-unsaturated/α-hetero) is 1. The fraction of sp³-hybridized carbons (Fsp3) is 0.247. The van der Waals surface area contributed by atoms with E-state index in [1.54, 1.807) is 54.7 Å². The molecule has 1 aliphatic heterocycles. The predicted molar refractivity (Wildman–Crippen MR) is 402 cm³/mol. The van der Waals surface area contributed by atoms with E-state index in [1.165, 1.54) is 42.2 Å². The van der Waals surface area contributed by atoms with E-state index in [9.17, 15) is 24.0 Å². The molecule has 0 unspecified atom stereocenters. The van der Waals surface area contributed by atoms with Crippen molar-refractivity contribution in [3.63, 3.8) is 0 Å². The fourth-order valence-electron chi connectivity index (χ4n) is 10.6. The number of fused-ring (bicyclic) bond motifs is 4. The number of carbonyl (C=O) groups excluding carboxylic acids is 4. The second kappa shape index (κ2) is 42.4. The highest BCUT2D eigenvalue weighted by molar-refractivity contribution is 5.99. The molecule has 102 heavy (non-hydrogen) atoms. The number of ether oxygens (including phenoxy) is 2. The summed E-state index contributed by atoms with van der Waals surface area (Å²) in [5.74, 6) is 13.0. The fourth-order valence-corrected chi connectivity index (χ4v) is 10.6. The number of nitrogens with zero attached hydrogens (tertiary/aromatic N) is 10. The van der Waals surface area contributed by atoms with Crippen LogP contribution >= 0.6 is 0 Å². The molecule has 0 spiro atoms. The molecular formula is C77H94N16O9. The Labute approximate surface area is 593 Å². The van der Waals surface area contributed by atoms with Crippen LogP contribution in [0.5, 0.6) is 0 Å². The number of aliphatic hydroxyl groups excluding tert-OH is 1. The molecule has 0 aliphatic carbocycles. The van der Waals surface area contributed by atoms with Gasteiger partial charge in [-0.3, -0.25) is 36.1 Å². The number of benzene rings is 8. The number of methoxy groups -OCH3 is 1. The maximum absolute atomic E-state index is 12.3. The number of rotatable bonds is 17. The first-order chi connectivity index (χ1) is 48.4. The van der Waals surface area contributed by atoms with E-state index in [0.29, 0.717) is 48.6 Å². The Morgan fingerprint density at radius 1 is 0.539 bits per heavy atom. The van der Waals surface area contributed by atoms with Crippen LogP contribution in [-0.4, -0.2) is 121 Å². The number of esters is 1. The number of aromatic amines is 1. The van der Waals surface area contributed by atoms with E-state index in [-0.39, 0.29) is 62.7 Å². The molecule has 0 saturated carbocycles. The van der Waals surface area contributed by atoms with Crippen molar-refractivity contribution in [2.24, 2.45) is 17.5 Å². The van der Waals surface area contributed by atoms with Gasteiger partial charge >= 0.3 is 11.7 Å². The molecule has 0 bridgehead atoms. The second-order valence-corrected chi connectivity index (χ2v) is 22.4. The molecule has 14 rings (SSSR count). The minimum absolute atomic E-state index is 0. The summed E-state index contributed by atoms with van der Waals surface area (Å²) in [6, 6.07) is 62.7. The highest BCUT2D eigenvalue weighted by atomic mass is 16.5. The molecule has 25 heteroatoms. The molecular weight excluding hydrogens is 1290 g/mol. The van der Waals surface area contributed by atoms with Gasteiger partial charge in [0, 0.05) is 75.7 Å². The van der Waals surface area contributed by atoms with Crippen LogP contribution in [0.2, 0.25) is 0 Å². The summed E-state index contributed by atoms with van der Waals surface area (Å²) in [6.45, 7) is 11.3. The average molecular weight is 1390 g/mol. The molecule has 2 amide bonds. The highest BCUT2D eigenvalue weighted by Gasteiger charge is 2.15. The minimum Gasteiger partial charge on any atom is -0.465 e. The molecule has 1 saturated heterocycles. The number of amides is 2. The maximum Gasteiger partial charge on any atom is 0.343 e. The van der Waals surface area contributed by atoms with Gasteiger partial charge in [0.25, 0.3) is 11.8 Å². The number of hydrogen-bond acceptors (Lipinski definition) is 16. The smallest absolute Gasteiger partial charge is 0.343 e. The number of carbonyl (C=O) groups is 4. The molecule has 0 atom stereocenters. The highest BCUT2D eigenvalue weighted by Crippen LogP contribution is 2.24. The molecule has 25 nitrogen and oxygen atoms in total. The monoisotopic (exact) mass is 1390 g/mol. The van der Waals surface area contributed by atoms with Gasteiger partial charge in [-0.2, -0.15) is 5.10 Å². The summed E-state index contributed by atoms with van der Waals surface area (Å²) in [5, 5.41) is 16.9. The van der Waals surface area contributed by atoms with Gasteiger partial charge in [0.2, 0.25) is 0 Å². The summed E-state index contributed by atoms with van der Waals surface area (Å²) >= 11 is 0. The standard InChI is InChI=1S/C20H21N3O2.C18H17N5O.C16H14N2O2.C15H14N4O.C4H8O.C2H6O.2CH4.H4N2.H2O/c1-2-6-17(24)12-21-20(25)16-9-10-18-19(11-16)23(14-22-18)13-15-7-4-3-5-8-15;1-2-23-17(20-21-18(23)24)14-8-9-15-16(10-14)22(12-19-15)11-13-6-4-3-5-7-13;1-20-16(19)13-7-8-14-15(9-13)18(11-17-14)10-12-5-3-2-4-6-12;16-18-15(20)12-6-7-13-14(8-12)19(10-17-13)9-11-4-2-1-3-5-11;1-2-4-5-3-1;1-2-3;;;1-2;/h3-5,7-11,14H,2,6,12-13H2,1H3,(H,21,25);3-10,12H,2,11H2,1H3,(H,21,24);2-9,11H,10H2,1H3;1-8,10H,9,16H2,(H,18,20);1-4H2;3H,2H2,1H3;2*1H4;1-2H2;1H2. The van der Waals surface area contributed by atoms with Gasteiger partial charge in [-0.05, 0) is 128 Å². The van der Waals surface area contributed by atoms with E-state index >= 15 is 0 Å². The Morgan fingerprint density at radius 3 is 1.25 bits per heavy atom. The summed E-state index contributed by atoms with van der Waals surface area (Å²) in [5.41, 5.74) is 16.5. The van der Waals surface area contributed by atoms with Crippen molar-refractivity contribution >= 4 is 67.7 Å². The molecule has 6 heterocycles. The van der Waals surface area contributed by atoms with Crippen LogP contribution in [0.3, 0.4) is 0 Å². The van der Waals surface area contributed by atoms with Gasteiger partial charge < -0.3 is 43.6 Å². The molecule has 536 valence electrons. The number of hydrogen-bond donors (Lipinski definition) is 7.